The zero-order valence-corrected chi connectivity index (χ0v) is 14.4. The molecule has 0 spiro atoms. The smallest absolute Gasteiger partial charge is 0.355 e. The molecule has 0 amide bonds. The van der Waals surface area contributed by atoms with E-state index in [1.807, 2.05) is 0 Å². The molecule has 0 bridgehead atoms. The molecule has 0 aromatic heterocycles. The van der Waals surface area contributed by atoms with Crippen LogP contribution >= 0.6 is 0 Å². The zero-order valence-electron chi connectivity index (χ0n) is 13.5. The van der Waals surface area contributed by atoms with Crippen LogP contribution in [0.1, 0.15) is 13.3 Å². The van der Waals surface area contributed by atoms with Gasteiger partial charge in [-0.25, -0.2) is 8.42 Å². The lowest BCUT2D eigenvalue weighted by molar-refractivity contribution is -0.900. The molecule has 1 aliphatic rings. The van der Waals surface area contributed by atoms with Crippen molar-refractivity contribution in [2.45, 2.75) is 23.7 Å². The third kappa shape index (κ3) is 4.03. The topological polar surface area (TPSA) is 85.0 Å². The number of halogens is 3. The van der Waals surface area contributed by atoms with Gasteiger partial charge in [-0.1, -0.05) is 6.92 Å². The van der Waals surface area contributed by atoms with Crippen molar-refractivity contribution in [3.05, 3.63) is 28.3 Å². The molecule has 1 aromatic carbocycles. The number of rotatable bonds is 5. The molecule has 0 aliphatic carbocycles. The summed E-state index contributed by atoms with van der Waals surface area (Å²) in [5.41, 5.74) is -6.00. The number of nitro groups is 1. The van der Waals surface area contributed by atoms with Gasteiger partial charge in [-0.15, -0.1) is 0 Å². The number of piperazine rings is 1. The van der Waals surface area contributed by atoms with Crippen LogP contribution in [0.2, 0.25) is 0 Å². The first kappa shape index (κ1) is 19.4. The molecule has 0 saturated carbocycles. The minimum absolute atomic E-state index is 0.140. The molecule has 1 N–H and O–H groups in total. The number of nitrogens with zero attached hydrogens (tertiary/aromatic N) is 2. The summed E-state index contributed by atoms with van der Waals surface area (Å²) in [6.45, 7) is 5.59. The number of quaternary nitrogens is 1. The Morgan fingerprint density at radius 3 is 2.36 bits per heavy atom. The van der Waals surface area contributed by atoms with Gasteiger partial charge in [0.25, 0.3) is 15.5 Å². The van der Waals surface area contributed by atoms with E-state index in [1.54, 1.807) is 4.90 Å². The van der Waals surface area contributed by atoms with Crippen molar-refractivity contribution in [2.24, 2.45) is 0 Å². The van der Waals surface area contributed by atoms with E-state index < -0.39 is 30.9 Å². The standard InChI is InChI=1S/C14H18F3N3O4S/c1-2-5-18-6-8-19(9-7-18)12-4-3-11(10-13(12)20(21)22)25(23,24)14(15,16)17/h3-4,10H,2,5-9H2,1H3/p+1. The summed E-state index contributed by atoms with van der Waals surface area (Å²) >= 11 is 0. The highest BCUT2D eigenvalue weighted by atomic mass is 32.2. The van der Waals surface area contributed by atoms with Crippen LogP contribution in [-0.4, -0.2) is 51.6 Å². The van der Waals surface area contributed by atoms with Gasteiger partial charge in [0, 0.05) is 6.07 Å². The van der Waals surface area contributed by atoms with Crippen LogP contribution in [0.25, 0.3) is 0 Å². The second-order valence-electron chi connectivity index (χ2n) is 5.84. The van der Waals surface area contributed by atoms with Crippen molar-refractivity contribution in [1.29, 1.82) is 0 Å². The van der Waals surface area contributed by atoms with E-state index >= 15 is 0 Å². The third-order valence-corrected chi connectivity index (χ3v) is 5.66. The maximum atomic E-state index is 12.7. The molecule has 11 heteroatoms. The van der Waals surface area contributed by atoms with Gasteiger partial charge in [-0.05, 0) is 18.6 Å². The summed E-state index contributed by atoms with van der Waals surface area (Å²) in [5.74, 6) is 0. The van der Waals surface area contributed by atoms with Gasteiger partial charge in [0.05, 0.1) is 42.5 Å². The molecule has 1 fully saturated rings. The Balaban J connectivity index is 2.34. The number of nitro benzene ring substituents is 1. The van der Waals surface area contributed by atoms with Crippen LogP contribution in [0.4, 0.5) is 24.5 Å². The quantitative estimate of drug-likeness (QED) is 0.607. The summed E-state index contributed by atoms with van der Waals surface area (Å²) in [6.07, 6.45) is 1.01. The fourth-order valence-corrected chi connectivity index (χ4v) is 3.67. The van der Waals surface area contributed by atoms with Crippen LogP contribution in [-0.2, 0) is 9.84 Å². The normalized spacial score (nSPS) is 16.9. The fraction of sp³-hybridized carbons (Fsp3) is 0.571. The van der Waals surface area contributed by atoms with E-state index in [0.29, 0.717) is 19.2 Å². The van der Waals surface area contributed by atoms with Gasteiger partial charge in [-0.2, -0.15) is 13.2 Å². The van der Waals surface area contributed by atoms with Crippen LogP contribution in [0.15, 0.2) is 23.1 Å². The first-order chi connectivity index (χ1) is 11.6. The molecule has 1 saturated heterocycles. The molecule has 1 heterocycles. The van der Waals surface area contributed by atoms with Gasteiger partial charge in [0.1, 0.15) is 5.69 Å². The van der Waals surface area contributed by atoms with E-state index in [9.17, 15) is 31.7 Å². The summed E-state index contributed by atoms with van der Waals surface area (Å²) in [5, 5.41) is 11.3. The Bertz CT molecular complexity index is 744. The second kappa shape index (κ2) is 7.16. The Hall–Kier alpha value is -1.88. The number of hydrogen-bond donors (Lipinski definition) is 1. The average Bonchev–Trinajstić information content (AvgIpc) is 2.54. The minimum atomic E-state index is -5.62. The maximum Gasteiger partial charge on any atom is 0.501 e. The number of benzene rings is 1. The molecule has 0 radical (unpaired) electrons. The predicted molar refractivity (Wildman–Crippen MR) is 84.4 cm³/mol. The maximum absolute atomic E-state index is 12.7. The van der Waals surface area contributed by atoms with E-state index in [-0.39, 0.29) is 5.69 Å². The lowest BCUT2D eigenvalue weighted by Gasteiger charge is -2.33. The van der Waals surface area contributed by atoms with E-state index in [4.69, 9.17) is 0 Å². The second-order valence-corrected chi connectivity index (χ2v) is 7.79. The molecule has 0 unspecified atom stereocenters. The summed E-state index contributed by atoms with van der Waals surface area (Å²) in [6, 6.07) is 2.35. The first-order valence-electron chi connectivity index (χ1n) is 7.76. The molecule has 1 aliphatic heterocycles. The van der Waals surface area contributed by atoms with E-state index in [1.165, 1.54) is 4.90 Å². The number of nitrogens with one attached hydrogen (secondary N) is 1. The van der Waals surface area contributed by atoms with Crippen molar-refractivity contribution in [3.63, 3.8) is 0 Å². The molecular formula is C14H19F3N3O4S+. The Morgan fingerprint density at radius 2 is 1.88 bits per heavy atom. The van der Waals surface area contributed by atoms with Crippen molar-refractivity contribution in [3.8, 4) is 0 Å². The number of sulfone groups is 1. The van der Waals surface area contributed by atoms with Crippen molar-refractivity contribution in [1.82, 2.24) is 0 Å². The molecule has 7 nitrogen and oxygen atoms in total. The lowest BCUT2D eigenvalue weighted by Crippen LogP contribution is -3.14. The monoisotopic (exact) mass is 382 g/mol. The van der Waals surface area contributed by atoms with Crippen LogP contribution < -0.4 is 9.80 Å². The largest absolute Gasteiger partial charge is 0.501 e. The summed E-state index contributed by atoms with van der Waals surface area (Å²) in [7, 11) is -5.62. The summed E-state index contributed by atoms with van der Waals surface area (Å²) in [4.78, 5) is 12.4. The molecule has 25 heavy (non-hydrogen) atoms. The number of alkyl halides is 3. The highest BCUT2D eigenvalue weighted by Crippen LogP contribution is 2.36. The molecule has 0 atom stereocenters. The Labute approximate surface area is 143 Å². The average molecular weight is 382 g/mol. The van der Waals surface area contributed by atoms with Gasteiger partial charge >= 0.3 is 5.51 Å². The Morgan fingerprint density at radius 1 is 1.28 bits per heavy atom. The number of hydrogen-bond acceptors (Lipinski definition) is 5. The van der Waals surface area contributed by atoms with Gasteiger partial charge in [0.15, 0.2) is 0 Å². The zero-order chi connectivity index (χ0) is 18.8. The summed E-state index contributed by atoms with van der Waals surface area (Å²) < 4.78 is 60.9. The first-order valence-corrected chi connectivity index (χ1v) is 9.24. The SMILES string of the molecule is CCC[NH+]1CCN(c2ccc(S(=O)(=O)C(F)(F)F)cc2[N+](=O)[O-])CC1. The van der Waals surface area contributed by atoms with Crippen LogP contribution in [0.5, 0.6) is 0 Å². The van der Waals surface area contributed by atoms with Gasteiger partial charge in [-0.3, -0.25) is 10.1 Å². The van der Waals surface area contributed by atoms with E-state index in [2.05, 4.69) is 6.92 Å². The highest BCUT2D eigenvalue weighted by Gasteiger charge is 2.47. The van der Waals surface area contributed by atoms with Gasteiger partial charge < -0.3 is 9.80 Å². The van der Waals surface area contributed by atoms with Crippen molar-refractivity contribution in [2.75, 3.05) is 37.6 Å². The third-order valence-electron chi connectivity index (χ3n) is 4.17. The van der Waals surface area contributed by atoms with E-state index in [0.717, 1.165) is 38.2 Å². The van der Waals surface area contributed by atoms with Crippen LogP contribution in [0.3, 0.4) is 0 Å². The van der Waals surface area contributed by atoms with Gasteiger partial charge in [0.2, 0.25) is 0 Å². The Kier molecular flexibility index (Phi) is 5.57. The molecule has 2 rings (SSSR count). The fourth-order valence-electron chi connectivity index (χ4n) is 2.89. The molecular weight excluding hydrogens is 363 g/mol. The van der Waals surface area contributed by atoms with Crippen LogP contribution in [0, 0.1) is 10.1 Å². The minimum Gasteiger partial charge on any atom is -0.355 e. The molecule has 140 valence electrons. The lowest BCUT2D eigenvalue weighted by atomic mass is 10.2. The van der Waals surface area contributed by atoms with Crippen molar-refractivity contribution >= 4 is 21.2 Å². The van der Waals surface area contributed by atoms with Crippen molar-refractivity contribution < 1.29 is 31.4 Å². The highest BCUT2D eigenvalue weighted by molar-refractivity contribution is 7.92. The predicted octanol–water partition coefficient (Wildman–Crippen LogP) is 1.00. The molecule has 1 aromatic rings. The number of anilines is 1.